The zero-order valence-electron chi connectivity index (χ0n) is 11.5. The average Bonchev–Trinajstić information content (AvgIpc) is 2.22. The fourth-order valence-electron chi connectivity index (χ4n) is 1.83. The number of aryl methyl sites for hydroxylation is 2. The van der Waals surface area contributed by atoms with Crippen LogP contribution in [-0.4, -0.2) is 18.0 Å². The van der Waals surface area contributed by atoms with Crippen molar-refractivity contribution in [1.82, 2.24) is 5.32 Å². The first-order chi connectivity index (χ1) is 7.90. The van der Waals surface area contributed by atoms with Gasteiger partial charge in [-0.3, -0.25) is 4.79 Å². The average molecular weight is 271 g/mol. The van der Waals surface area contributed by atoms with Gasteiger partial charge in [0.15, 0.2) is 0 Å². The second-order valence-electron chi connectivity index (χ2n) is 4.83. The lowest BCUT2D eigenvalue weighted by Crippen LogP contribution is -2.43. The minimum Gasteiger partial charge on any atom is -0.352 e. The summed E-state index contributed by atoms with van der Waals surface area (Å²) in [6, 6.07) is 6.04. The number of halogens is 1. The van der Waals surface area contributed by atoms with E-state index in [0.717, 1.165) is 6.42 Å². The standard InChI is InChI=1S/C14H22N2O.ClH/c1-9-5-6-13(10(2)7-9)8-11(3)16-14(17)12(4)15;/h5-7,11-12H,8,15H2,1-4H3,(H,16,17);1H/t11?,12-;/m1./s1. The van der Waals surface area contributed by atoms with E-state index in [1.807, 2.05) is 6.92 Å². The summed E-state index contributed by atoms with van der Waals surface area (Å²) in [5.41, 5.74) is 9.32. The van der Waals surface area contributed by atoms with E-state index in [4.69, 9.17) is 5.73 Å². The van der Waals surface area contributed by atoms with Crippen LogP contribution in [0.25, 0.3) is 0 Å². The van der Waals surface area contributed by atoms with Crippen molar-refractivity contribution in [2.45, 2.75) is 46.2 Å². The van der Waals surface area contributed by atoms with Crippen LogP contribution in [0.5, 0.6) is 0 Å². The van der Waals surface area contributed by atoms with Crippen molar-refractivity contribution < 1.29 is 4.79 Å². The molecule has 3 N–H and O–H groups in total. The highest BCUT2D eigenvalue weighted by Crippen LogP contribution is 2.12. The maximum atomic E-state index is 11.4. The van der Waals surface area contributed by atoms with Crippen LogP contribution in [0.15, 0.2) is 18.2 Å². The number of hydrogen-bond donors (Lipinski definition) is 2. The van der Waals surface area contributed by atoms with Crippen molar-refractivity contribution >= 4 is 18.3 Å². The molecule has 0 saturated carbocycles. The molecule has 0 bridgehead atoms. The second kappa shape index (κ2) is 7.39. The third-order valence-electron chi connectivity index (χ3n) is 2.83. The predicted molar refractivity (Wildman–Crippen MR) is 78.1 cm³/mol. The molecule has 1 aromatic carbocycles. The number of rotatable bonds is 4. The van der Waals surface area contributed by atoms with Crippen LogP contribution in [-0.2, 0) is 11.2 Å². The highest BCUT2D eigenvalue weighted by Gasteiger charge is 2.12. The summed E-state index contributed by atoms with van der Waals surface area (Å²) in [6.07, 6.45) is 0.838. The first-order valence-electron chi connectivity index (χ1n) is 6.02. The van der Waals surface area contributed by atoms with Crippen molar-refractivity contribution in [3.63, 3.8) is 0 Å². The number of nitrogens with two attached hydrogens (primary N) is 1. The number of benzene rings is 1. The molecule has 1 unspecified atom stereocenters. The minimum atomic E-state index is -0.448. The number of nitrogens with one attached hydrogen (secondary N) is 1. The molecule has 102 valence electrons. The second-order valence-corrected chi connectivity index (χ2v) is 4.83. The highest BCUT2D eigenvalue weighted by molar-refractivity contribution is 5.85. The monoisotopic (exact) mass is 270 g/mol. The van der Waals surface area contributed by atoms with Gasteiger partial charge in [0.1, 0.15) is 0 Å². The first kappa shape index (κ1) is 16.9. The van der Waals surface area contributed by atoms with E-state index in [0.29, 0.717) is 0 Å². The molecule has 2 atom stereocenters. The number of carbonyl (C=O) groups excluding carboxylic acids is 1. The molecule has 0 saturated heterocycles. The van der Waals surface area contributed by atoms with Gasteiger partial charge < -0.3 is 11.1 Å². The van der Waals surface area contributed by atoms with Gasteiger partial charge in [-0.05, 0) is 45.2 Å². The Morgan fingerprint density at radius 2 is 1.94 bits per heavy atom. The molecule has 1 rings (SSSR count). The van der Waals surface area contributed by atoms with Crippen LogP contribution in [0.3, 0.4) is 0 Å². The van der Waals surface area contributed by atoms with Crippen LogP contribution in [0.4, 0.5) is 0 Å². The molecule has 0 aliphatic heterocycles. The first-order valence-corrected chi connectivity index (χ1v) is 6.02. The van der Waals surface area contributed by atoms with E-state index in [1.165, 1.54) is 16.7 Å². The minimum absolute atomic E-state index is 0. The quantitative estimate of drug-likeness (QED) is 0.881. The van der Waals surface area contributed by atoms with Crippen molar-refractivity contribution in [3.05, 3.63) is 34.9 Å². The molecular weight excluding hydrogens is 248 g/mol. The van der Waals surface area contributed by atoms with Gasteiger partial charge in [0.05, 0.1) is 6.04 Å². The van der Waals surface area contributed by atoms with Crippen LogP contribution < -0.4 is 11.1 Å². The lowest BCUT2D eigenvalue weighted by Gasteiger charge is -2.17. The van der Waals surface area contributed by atoms with E-state index in [2.05, 4.69) is 37.4 Å². The third kappa shape index (κ3) is 5.07. The Morgan fingerprint density at radius 1 is 1.33 bits per heavy atom. The van der Waals surface area contributed by atoms with Crippen molar-refractivity contribution in [1.29, 1.82) is 0 Å². The third-order valence-corrected chi connectivity index (χ3v) is 2.83. The maximum absolute atomic E-state index is 11.4. The lowest BCUT2D eigenvalue weighted by atomic mass is 10.00. The van der Waals surface area contributed by atoms with Crippen LogP contribution >= 0.6 is 12.4 Å². The largest absolute Gasteiger partial charge is 0.352 e. The maximum Gasteiger partial charge on any atom is 0.236 e. The van der Waals surface area contributed by atoms with E-state index >= 15 is 0 Å². The Hall–Kier alpha value is -1.06. The van der Waals surface area contributed by atoms with Gasteiger partial charge in [0.25, 0.3) is 0 Å². The molecule has 0 fully saturated rings. The Morgan fingerprint density at radius 3 is 2.44 bits per heavy atom. The van der Waals surface area contributed by atoms with Gasteiger partial charge in [-0.2, -0.15) is 0 Å². The van der Waals surface area contributed by atoms with Crippen LogP contribution in [0, 0.1) is 13.8 Å². The Balaban J connectivity index is 0.00000289. The summed E-state index contributed by atoms with van der Waals surface area (Å²) in [5.74, 6) is -0.0951. The Bertz CT molecular complexity index is 405. The van der Waals surface area contributed by atoms with Gasteiger partial charge in [0, 0.05) is 6.04 Å². The van der Waals surface area contributed by atoms with E-state index < -0.39 is 6.04 Å². The molecule has 18 heavy (non-hydrogen) atoms. The number of amides is 1. The zero-order chi connectivity index (χ0) is 13.0. The molecule has 0 aromatic heterocycles. The molecule has 0 spiro atoms. The molecular formula is C14H23ClN2O. The molecule has 0 heterocycles. The van der Waals surface area contributed by atoms with Crippen molar-refractivity contribution in [2.75, 3.05) is 0 Å². The molecule has 1 aromatic rings. The molecule has 1 amide bonds. The lowest BCUT2D eigenvalue weighted by molar-refractivity contribution is -0.122. The van der Waals surface area contributed by atoms with Gasteiger partial charge in [-0.15, -0.1) is 12.4 Å². The molecule has 4 heteroatoms. The van der Waals surface area contributed by atoms with Crippen LogP contribution in [0.2, 0.25) is 0 Å². The summed E-state index contributed by atoms with van der Waals surface area (Å²) in [7, 11) is 0. The van der Waals surface area contributed by atoms with Gasteiger partial charge >= 0.3 is 0 Å². The Labute approximate surface area is 116 Å². The van der Waals surface area contributed by atoms with E-state index in [1.54, 1.807) is 6.92 Å². The van der Waals surface area contributed by atoms with Gasteiger partial charge in [0.2, 0.25) is 5.91 Å². The molecule has 0 aliphatic rings. The smallest absolute Gasteiger partial charge is 0.236 e. The fraction of sp³-hybridized carbons (Fsp3) is 0.500. The normalized spacial score (nSPS) is 13.4. The zero-order valence-corrected chi connectivity index (χ0v) is 12.3. The summed E-state index contributed by atoms with van der Waals surface area (Å²) < 4.78 is 0. The highest BCUT2D eigenvalue weighted by atomic mass is 35.5. The number of hydrogen-bond acceptors (Lipinski definition) is 2. The molecule has 0 radical (unpaired) electrons. The van der Waals surface area contributed by atoms with Gasteiger partial charge in [-0.25, -0.2) is 0 Å². The molecule has 0 aliphatic carbocycles. The summed E-state index contributed by atoms with van der Waals surface area (Å²) in [6.45, 7) is 7.87. The molecule has 3 nitrogen and oxygen atoms in total. The van der Waals surface area contributed by atoms with Crippen LogP contribution in [0.1, 0.15) is 30.5 Å². The van der Waals surface area contributed by atoms with Crippen molar-refractivity contribution in [2.24, 2.45) is 5.73 Å². The summed E-state index contributed by atoms with van der Waals surface area (Å²) in [4.78, 5) is 11.4. The van der Waals surface area contributed by atoms with E-state index in [-0.39, 0.29) is 24.4 Å². The van der Waals surface area contributed by atoms with Crippen molar-refractivity contribution in [3.8, 4) is 0 Å². The summed E-state index contributed by atoms with van der Waals surface area (Å²) >= 11 is 0. The van der Waals surface area contributed by atoms with Gasteiger partial charge in [-0.1, -0.05) is 23.8 Å². The number of carbonyl (C=O) groups is 1. The summed E-state index contributed by atoms with van der Waals surface area (Å²) in [5, 5.41) is 2.91. The topological polar surface area (TPSA) is 55.1 Å². The predicted octanol–water partition coefficient (Wildman–Crippen LogP) is 2.12. The van der Waals surface area contributed by atoms with E-state index in [9.17, 15) is 4.79 Å². The fourth-order valence-corrected chi connectivity index (χ4v) is 1.83. The Kier molecular flexibility index (Phi) is 6.96. The SMILES string of the molecule is Cc1ccc(CC(C)NC(=O)[C@@H](C)N)c(C)c1.Cl.